The average Bonchev–Trinajstić information content (AvgIpc) is 2.69. The van der Waals surface area contributed by atoms with E-state index in [0.717, 1.165) is 49.7 Å². The molecule has 1 fully saturated rings. The first kappa shape index (κ1) is 18.3. The minimum absolute atomic E-state index is 0.0299. The molecular formula is C21H27N3O2. The van der Waals surface area contributed by atoms with Crippen LogP contribution in [0, 0.1) is 0 Å². The van der Waals surface area contributed by atoms with Crippen molar-refractivity contribution in [2.24, 2.45) is 0 Å². The largest absolute Gasteiger partial charge is 0.383 e. The number of carbonyl (C=O) groups excluding carboxylic acids is 1. The summed E-state index contributed by atoms with van der Waals surface area (Å²) in [5, 5.41) is 6.43. The number of anilines is 3. The molecule has 2 N–H and O–H groups in total. The van der Waals surface area contributed by atoms with E-state index in [2.05, 4.69) is 34.6 Å². The van der Waals surface area contributed by atoms with Gasteiger partial charge in [-0.15, -0.1) is 0 Å². The van der Waals surface area contributed by atoms with Crippen molar-refractivity contribution in [3.8, 4) is 0 Å². The van der Waals surface area contributed by atoms with Gasteiger partial charge in [0.25, 0.3) is 0 Å². The topological polar surface area (TPSA) is 53.6 Å². The second kappa shape index (κ2) is 9.25. The zero-order chi connectivity index (χ0) is 18.2. The molecule has 0 atom stereocenters. The maximum Gasteiger partial charge on any atom is 0.226 e. The Balaban J connectivity index is 1.54. The molecule has 1 aliphatic rings. The summed E-state index contributed by atoms with van der Waals surface area (Å²) < 4.78 is 5.43. The number of rotatable bonds is 7. The summed E-state index contributed by atoms with van der Waals surface area (Å²) in [4.78, 5) is 14.6. The summed E-state index contributed by atoms with van der Waals surface area (Å²) in [5.74, 6) is 0.0299. The van der Waals surface area contributed by atoms with Crippen molar-refractivity contribution in [3.05, 3.63) is 54.1 Å². The minimum atomic E-state index is 0.0299. The Bertz CT molecular complexity index is 727. The van der Waals surface area contributed by atoms with Crippen LogP contribution >= 0.6 is 0 Å². The van der Waals surface area contributed by atoms with Gasteiger partial charge in [0.1, 0.15) is 0 Å². The minimum Gasteiger partial charge on any atom is -0.383 e. The summed E-state index contributed by atoms with van der Waals surface area (Å²) in [6.45, 7) is 6.00. The Morgan fingerprint density at radius 3 is 2.50 bits per heavy atom. The molecule has 2 aromatic carbocycles. The Labute approximate surface area is 155 Å². The van der Waals surface area contributed by atoms with E-state index in [0.29, 0.717) is 13.0 Å². The molecule has 0 unspecified atom stereocenters. The van der Waals surface area contributed by atoms with E-state index >= 15 is 0 Å². The van der Waals surface area contributed by atoms with Gasteiger partial charge >= 0.3 is 0 Å². The first-order valence-electron chi connectivity index (χ1n) is 9.31. The molecule has 2 aromatic rings. The van der Waals surface area contributed by atoms with E-state index in [4.69, 9.17) is 4.74 Å². The van der Waals surface area contributed by atoms with E-state index in [9.17, 15) is 4.79 Å². The highest BCUT2D eigenvalue weighted by Crippen LogP contribution is 2.26. The van der Waals surface area contributed by atoms with E-state index in [1.807, 2.05) is 36.4 Å². The van der Waals surface area contributed by atoms with Gasteiger partial charge in [0.05, 0.1) is 24.6 Å². The van der Waals surface area contributed by atoms with Gasteiger partial charge in [-0.1, -0.05) is 37.3 Å². The van der Waals surface area contributed by atoms with Crippen LogP contribution < -0.4 is 15.5 Å². The standard InChI is InChI=1S/C21H27N3O2/c1-2-17-7-3-4-8-18(17)23-21(25)11-12-22-19-9-5-6-10-20(19)24-13-15-26-16-14-24/h3-10,22H,2,11-16H2,1H3,(H,23,25). The zero-order valence-corrected chi connectivity index (χ0v) is 15.3. The number of aryl methyl sites for hydroxylation is 1. The highest BCUT2D eigenvalue weighted by molar-refractivity contribution is 5.91. The Morgan fingerprint density at radius 2 is 1.73 bits per heavy atom. The van der Waals surface area contributed by atoms with E-state index in [1.165, 1.54) is 5.69 Å². The molecule has 5 heteroatoms. The molecule has 26 heavy (non-hydrogen) atoms. The van der Waals surface area contributed by atoms with Crippen LogP contribution in [0.15, 0.2) is 48.5 Å². The van der Waals surface area contributed by atoms with E-state index < -0.39 is 0 Å². The van der Waals surface area contributed by atoms with Crippen LogP contribution in [0.1, 0.15) is 18.9 Å². The van der Waals surface area contributed by atoms with Gasteiger partial charge in [0.15, 0.2) is 0 Å². The number of ether oxygens (including phenoxy) is 1. The average molecular weight is 353 g/mol. The normalized spacial score (nSPS) is 14.1. The van der Waals surface area contributed by atoms with Gasteiger partial charge in [0.2, 0.25) is 5.91 Å². The van der Waals surface area contributed by atoms with E-state index in [1.54, 1.807) is 0 Å². The lowest BCUT2D eigenvalue weighted by Gasteiger charge is -2.30. The maximum atomic E-state index is 12.3. The molecule has 0 radical (unpaired) electrons. The molecule has 1 saturated heterocycles. The smallest absolute Gasteiger partial charge is 0.226 e. The number of nitrogens with zero attached hydrogens (tertiary/aromatic N) is 1. The van der Waals surface area contributed by atoms with Crippen LogP contribution in [-0.2, 0) is 16.0 Å². The molecule has 138 valence electrons. The Hall–Kier alpha value is -2.53. The van der Waals surface area contributed by atoms with Gasteiger partial charge in [-0.3, -0.25) is 4.79 Å². The first-order valence-corrected chi connectivity index (χ1v) is 9.31. The highest BCUT2D eigenvalue weighted by Gasteiger charge is 2.14. The number of morpholine rings is 1. The SMILES string of the molecule is CCc1ccccc1NC(=O)CCNc1ccccc1N1CCOCC1. The lowest BCUT2D eigenvalue weighted by Crippen LogP contribution is -2.36. The van der Waals surface area contributed by atoms with Crippen LogP contribution in [0.4, 0.5) is 17.1 Å². The van der Waals surface area contributed by atoms with Gasteiger partial charge < -0.3 is 20.3 Å². The molecular weight excluding hydrogens is 326 g/mol. The number of carbonyl (C=O) groups is 1. The number of benzene rings is 2. The van der Waals surface area contributed by atoms with E-state index in [-0.39, 0.29) is 5.91 Å². The lowest BCUT2D eigenvalue weighted by molar-refractivity contribution is -0.115. The van der Waals surface area contributed by atoms with Crippen molar-refractivity contribution in [1.82, 2.24) is 0 Å². The summed E-state index contributed by atoms with van der Waals surface area (Å²) in [6.07, 6.45) is 1.33. The number of amides is 1. The highest BCUT2D eigenvalue weighted by atomic mass is 16.5. The third-order valence-corrected chi connectivity index (χ3v) is 4.60. The molecule has 0 spiro atoms. The number of nitrogens with one attached hydrogen (secondary N) is 2. The zero-order valence-electron chi connectivity index (χ0n) is 15.3. The fourth-order valence-electron chi connectivity index (χ4n) is 3.18. The fourth-order valence-corrected chi connectivity index (χ4v) is 3.18. The van der Waals surface area contributed by atoms with Crippen LogP contribution in [0.5, 0.6) is 0 Å². The number of hydrogen-bond donors (Lipinski definition) is 2. The first-order chi connectivity index (χ1) is 12.8. The van der Waals surface area contributed by atoms with Crippen molar-refractivity contribution in [3.63, 3.8) is 0 Å². The lowest BCUT2D eigenvalue weighted by atomic mass is 10.1. The molecule has 5 nitrogen and oxygen atoms in total. The molecule has 0 aromatic heterocycles. The van der Waals surface area contributed by atoms with Gasteiger partial charge in [-0.2, -0.15) is 0 Å². The molecule has 0 bridgehead atoms. The third-order valence-electron chi connectivity index (χ3n) is 4.60. The van der Waals surface area contributed by atoms with Crippen molar-refractivity contribution in [2.45, 2.75) is 19.8 Å². The number of para-hydroxylation sites is 3. The van der Waals surface area contributed by atoms with Crippen molar-refractivity contribution >= 4 is 23.0 Å². The monoisotopic (exact) mass is 353 g/mol. The van der Waals surface area contributed by atoms with Gasteiger partial charge in [-0.25, -0.2) is 0 Å². The molecule has 1 aliphatic heterocycles. The summed E-state index contributed by atoms with van der Waals surface area (Å²) in [5.41, 5.74) is 4.31. The molecule has 3 rings (SSSR count). The Morgan fingerprint density at radius 1 is 1.04 bits per heavy atom. The quantitative estimate of drug-likeness (QED) is 0.800. The molecule has 1 heterocycles. The number of hydrogen-bond acceptors (Lipinski definition) is 4. The molecule has 0 aliphatic carbocycles. The summed E-state index contributed by atoms with van der Waals surface area (Å²) in [6, 6.07) is 16.2. The predicted octanol–water partition coefficient (Wildman–Crippen LogP) is 3.53. The Kier molecular flexibility index (Phi) is 6.50. The van der Waals surface area contributed by atoms with Crippen LogP contribution in [0.2, 0.25) is 0 Å². The fraction of sp³-hybridized carbons (Fsp3) is 0.381. The summed E-state index contributed by atoms with van der Waals surface area (Å²) in [7, 11) is 0. The van der Waals surface area contributed by atoms with Crippen molar-refractivity contribution < 1.29 is 9.53 Å². The molecule has 0 saturated carbocycles. The van der Waals surface area contributed by atoms with Crippen LogP contribution in [0.3, 0.4) is 0 Å². The van der Waals surface area contributed by atoms with Crippen LogP contribution in [-0.4, -0.2) is 38.8 Å². The van der Waals surface area contributed by atoms with Crippen LogP contribution in [0.25, 0.3) is 0 Å². The third kappa shape index (κ3) is 4.76. The molecule has 1 amide bonds. The predicted molar refractivity (Wildman–Crippen MR) is 107 cm³/mol. The van der Waals surface area contributed by atoms with Crippen molar-refractivity contribution in [1.29, 1.82) is 0 Å². The van der Waals surface area contributed by atoms with Gasteiger partial charge in [-0.05, 0) is 30.2 Å². The summed E-state index contributed by atoms with van der Waals surface area (Å²) >= 11 is 0. The van der Waals surface area contributed by atoms with Crippen molar-refractivity contribution in [2.75, 3.05) is 48.4 Å². The maximum absolute atomic E-state index is 12.3. The second-order valence-corrected chi connectivity index (χ2v) is 6.35. The van der Waals surface area contributed by atoms with Gasteiger partial charge in [0, 0.05) is 31.7 Å². The second-order valence-electron chi connectivity index (χ2n) is 6.35.